The number of aromatic nitrogens is 3. The number of nitrogen functional groups attached to an aromatic ring is 1. The van der Waals surface area contributed by atoms with E-state index in [-0.39, 0.29) is 6.10 Å². The zero-order chi connectivity index (χ0) is 14.2. The standard InChI is InChI=1S/C15H18N4OS/c16-15-17-6-11(7-18-15)10-3-4-12(5-10)20-14-13(8-21-19-14)9-1-2-9/h6-10,12H,1-5H2,(H2,16,17,18)/t10-,12+/m1/s1. The third kappa shape index (κ3) is 2.72. The third-order valence-corrected chi connectivity index (χ3v) is 5.04. The lowest BCUT2D eigenvalue weighted by Gasteiger charge is -2.13. The summed E-state index contributed by atoms with van der Waals surface area (Å²) in [4.78, 5) is 8.17. The minimum atomic E-state index is 0.257. The molecule has 2 aromatic rings. The number of ether oxygens (including phenoxy) is 1. The summed E-state index contributed by atoms with van der Waals surface area (Å²) in [5.41, 5.74) is 8.02. The minimum absolute atomic E-state index is 0.257. The first-order valence-corrected chi connectivity index (χ1v) is 8.31. The van der Waals surface area contributed by atoms with Crippen molar-refractivity contribution in [2.45, 2.75) is 50.0 Å². The first kappa shape index (κ1) is 13.0. The first-order chi connectivity index (χ1) is 10.3. The van der Waals surface area contributed by atoms with Crippen molar-refractivity contribution in [2.24, 2.45) is 0 Å². The number of nitrogens with zero attached hydrogens (tertiary/aromatic N) is 3. The molecule has 110 valence electrons. The molecule has 0 aromatic carbocycles. The second-order valence-electron chi connectivity index (χ2n) is 5.97. The van der Waals surface area contributed by atoms with Crippen LogP contribution in [0.4, 0.5) is 5.95 Å². The van der Waals surface area contributed by atoms with E-state index in [9.17, 15) is 0 Å². The van der Waals surface area contributed by atoms with Crippen LogP contribution in [0.3, 0.4) is 0 Å². The molecule has 2 aliphatic rings. The molecule has 2 atom stereocenters. The molecule has 4 rings (SSSR count). The zero-order valence-electron chi connectivity index (χ0n) is 11.7. The van der Waals surface area contributed by atoms with Crippen LogP contribution in [0.1, 0.15) is 55.1 Å². The minimum Gasteiger partial charge on any atom is -0.474 e. The lowest BCUT2D eigenvalue weighted by Crippen LogP contribution is -2.13. The van der Waals surface area contributed by atoms with Gasteiger partial charge in [0.15, 0.2) is 0 Å². The Kier molecular flexibility index (Phi) is 3.25. The fraction of sp³-hybridized carbons (Fsp3) is 0.533. The van der Waals surface area contributed by atoms with Gasteiger partial charge in [-0.1, -0.05) is 0 Å². The van der Waals surface area contributed by atoms with Crippen molar-refractivity contribution >= 4 is 17.5 Å². The third-order valence-electron chi connectivity index (χ3n) is 4.41. The molecule has 0 radical (unpaired) electrons. The van der Waals surface area contributed by atoms with Crippen molar-refractivity contribution in [3.63, 3.8) is 0 Å². The molecule has 0 saturated heterocycles. The molecule has 2 N–H and O–H groups in total. The Morgan fingerprint density at radius 1 is 1.10 bits per heavy atom. The predicted octanol–water partition coefficient (Wildman–Crippen LogP) is 3.11. The highest BCUT2D eigenvalue weighted by molar-refractivity contribution is 7.03. The Labute approximate surface area is 127 Å². The van der Waals surface area contributed by atoms with Crippen LogP contribution in [0.5, 0.6) is 5.88 Å². The van der Waals surface area contributed by atoms with E-state index in [4.69, 9.17) is 10.5 Å². The summed E-state index contributed by atoms with van der Waals surface area (Å²) in [6.07, 6.45) is 9.69. The molecule has 0 unspecified atom stereocenters. The Morgan fingerprint density at radius 3 is 2.62 bits per heavy atom. The summed E-state index contributed by atoms with van der Waals surface area (Å²) < 4.78 is 10.6. The SMILES string of the molecule is Nc1ncc([C@@H]2CC[C@H](Oc3nscc3C3CC3)C2)cn1. The van der Waals surface area contributed by atoms with E-state index >= 15 is 0 Å². The number of hydrogen-bond acceptors (Lipinski definition) is 6. The van der Waals surface area contributed by atoms with Crippen molar-refractivity contribution in [3.05, 3.63) is 28.9 Å². The average molecular weight is 302 g/mol. The van der Waals surface area contributed by atoms with Crippen LogP contribution in [-0.4, -0.2) is 20.4 Å². The molecule has 0 aliphatic heterocycles. The van der Waals surface area contributed by atoms with Gasteiger partial charge in [0.25, 0.3) is 0 Å². The lowest BCUT2D eigenvalue weighted by molar-refractivity contribution is 0.199. The van der Waals surface area contributed by atoms with E-state index in [1.165, 1.54) is 29.9 Å². The number of rotatable bonds is 4. The number of hydrogen-bond donors (Lipinski definition) is 1. The van der Waals surface area contributed by atoms with Crippen molar-refractivity contribution in [2.75, 3.05) is 5.73 Å². The Bertz CT molecular complexity index is 623. The van der Waals surface area contributed by atoms with Crippen LogP contribution >= 0.6 is 11.5 Å². The molecule has 2 aromatic heterocycles. The van der Waals surface area contributed by atoms with Gasteiger partial charge in [0.1, 0.15) is 6.10 Å². The normalized spacial score (nSPS) is 25.1. The van der Waals surface area contributed by atoms with Gasteiger partial charge in [-0.3, -0.25) is 0 Å². The molecular formula is C15H18N4OS. The monoisotopic (exact) mass is 302 g/mol. The van der Waals surface area contributed by atoms with Gasteiger partial charge in [-0.2, -0.15) is 4.37 Å². The summed E-state index contributed by atoms with van der Waals surface area (Å²) in [5, 5.41) is 2.15. The summed E-state index contributed by atoms with van der Waals surface area (Å²) in [5.74, 6) is 2.38. The van der Waals surface area contributed by atoms with Gasteiger partial charge in [-0.25, -0.2) is 9.97 Å². The maximum Gasteiger partial charge on any atom is 0.228 e. The van der Waals surface area contributed by atoms with E-state index in [2.05, 4.69) is 19.7 Å². The van der Waals surface area contributed by atoms with Crippen molar-refractivity contribution in [3.8, 4) is 5.88 Å². The van der Waals surface area contributed by atoms with Crippen molar-refractivity contribution < 1.29 is 4.74 Å². The fourth-order valence-corrected chi connectivity index (χ4v) is 3.76. The first-order valence-electron chi connectivity index (χ1n) is 7.48. The second kappa shape index (κ2) is 5.26. The van der Waals surface area contributed by atoms with Crippen LogP contribution in [0, 0.1) is 0 Å². The van der Waals surface area contributed by atoms with E-state index in [1.807, 2.05) is 12.4 Å². The molecular weight excluding hydrogens is 284 g/mol. The van der Waals surface area contributed by atoms with Crippen molar-refractivity contribution in [1.29, 1.82) is 0 Å². The molecule has 21 heavy (non-hydrogen) atoms. The summed E-state index contributed by atoms with van der Waals surface area (Å²) in [6.45, 7) is 0. The molecule has 0 bridgehead atoms. The molecule has 0 spiro atoms. The van der Waals surface area contributed by atoms with E-state index in [1.54, 1.807) is 0 Å². The molecule has 2 saturated carbocycles. The maximum atomic E-state index is 6.16. The highest BCUT2D eigenvalue weighted by Crippen LogP contribution is 2.46. The maximum absolute atomic E-state index is 6.16. The molecule has 6 heteroatoms. The van der Waals surface area contributed by atoms with Gasteiger partial charge in [0, 0.05) is 23.3 Å². The summed E-state index contributed by atoms with van der Waals surface area (Å²) in [7, 11) is 0. The Morgan fingerprint density at radius 2 is 1.86 bits per heavy atom. The fourth-order valence-electron chi connectivity index (χ4n) is 3.06. The quantitative estimate of drug-likeness (QED) is 0.939. The predicted molar refractivity (Wildman–Crippen MR) is 81.5 cm³/mol. The molecule has 0 amide bonds. The second-order valence-corrected chi connectivity index (χ2v) is 6.60. The smallest absolute Gasteiger partial charge is 0.228 e. The van der Waals surface area contributed by atoms with Gasteiger partial charge in [0.2, 0.25) is 11.8 Å². The van der Waals surface area contributed by atoms with E-state index < -0.39 is 0 Å². The summed E-state index contributed by atoms with van der Waals surface area (Å²) >= 11 is 1.51. The molecule has 2 aliphatic carbocycles. The van der Waals surface area contributed by atoms with Crippen LogP contribution < -0.4 is 10.5 Å². The van der Waals surface area contributed by atoms with Gasteiger partial charge in [-0.05, 0) is 61.0 Å². The van der Waals surface area contributed by atoms with E-state index in [0.29, 0.717) is 17.8 Å². The summed E-state index contributed by atoms with van der Waals surface area (Å²) in [6, 6.07) is 0. The van der Waals surface area contributed by atoms with Gasteiger partial charge in [-0.15, -0.1) is 0 Å². The van der Waals surface area contributed by atoms with Crippen LogP contribution in [0.25, 0.3) is 0 Å². The van der Waals surface area contributed by atoms with Crippen molar-refractivity contribution in [1.82, 2.24) is 14.3 Å². The zero-order valence-corrected chi connectivity index (χ0v) is 12.6. The molecule has 2 heterocycles. The number of anilines is 1. The van der Waals surface area contributed by atoms with Crippen LogP contribution in [0.15, 0.2) is 17.8 Å². The topological polar surface area (TPSA) is 73.9 Å². The number of nitrogens with two attached hydrogens (primary N) is 1. The molecule has 2 fully saturated rings. The van der Waals surface area contributed by atoms with Gasteiger partial charge in [0.05, 0.1) is 0 Å². The average Bonchev–Trinajstić information content (AvgIpc) is 3.05. The van der Waals surface area contributed by atoms with Gasteiger partial charge >= 0.3 is 0 Å². The highest BCUT2D eigenvalue weighted by Gasteiger charge is 2.32. The molecule has 5 nitrogen and oxygen atoms in total. The Balaban J connectivity index is 1.42. The van der Waals surface area contributed by atoms with Gasteiger partial charge < -0.3 is 10.5 Å². The highest BCUT2D eigenvalue weighted by atomic mass is 32.1. The largest absolute Gasteiger partial charge is 0.474 e. The van der Waals surface area contributed by atoms with Crippen LogP contribution in [-0.2, 0) is 0 Å². The Hall–Kier alpha value is -1.69. The van der Waals surface area contributed by atoms with Crippen LogP contribution in [0.2, 0.25) is 0 Å². The lowest BCUT2D eigenvalue weighted by atomic mass is 10.0. The van der Waals surface area contributed by atoms with E-state index in [0.717, 1.165) is 30.7 Å².